The number of hydrogen-bond donors (Lipinski definition) is 1. The van der Waals surface area contributed by atoms with Crippen LogP contribution in [0.3, 0.4) is 0 Å². The SMILES string of the molecule is CN(C(=O)OC(C)(C)C)c1cn(C2CCC(CO)CC2)nc1C(F)F. The Bertz CT molecular complexity index is 590. The minimum absolute atomic E-state index is 0.00101. The highest BCUT2D eigenvalue weighted by Crippen LogP contribution is 2.35. The zero-order chi connectivity index (χ0) is 18.8. The molecule has 0 bridgehead atoms. The monoisotopic (exact) mass is 359 g/mol. The van der Waals surface area contributed by atoms with E-state index < -0.39 is 23.8 Å². The van der Waals surface area contributed by atoms with Gasteiger partial charge in [0.1, 0.15) is 5.60 Å². The number of aliphatic hydroxyl groups is 1. The van der Waals surface area contributed by atoms with E-state index in [0.29, 0.717) is 0 Å². The first-order chi connectivity index (χ1) is 11.6. The van der Waals surface area contributed by atoms with Gasteiger partial charge in [0, 0.05) is 19.9 Å². The number of nitrogens with zero attached hydrogens (tertiary/aromatic N) is 3. The van der Waals surface area contributed by atoms with Gasteiger partial charge in [-0.25, -0.2) is 13.6 Å². The van der Waals surface area contributed by atoms with Crippen LogP contribution in [0.5, 0.6) is 0 Å². The molecule has 142 valence electrons. The third kappa shape index (κ3) is 4.90. The Kier molecular flexibility index (Phi) is 6.03. The maximum absolute atomic E-state index is 13.4. The summed E-state index contributed by atoms with van der Waals surface area (Å²) < 4.78 is 33.6. The van der Waals surface area contributed by atoms with Crippen LogP contribution >= 0.6 is 0 Å². The molecule has 1 saturated carbocycles. The normalized spacial score (nSPS) is 21.4. The molecule has 8 heteroatoms. The van der Waals surface area contributed by atoms with Crippen molar-refractivity contribution in [3.8, 4) is 0 Å². The standard InChI is InChI=1S/C17H27F2N3O3/c1-17(2,3)25-16(24)21(4)13-9-22(20-14(13)15(18)19)12-7-5-11(10-23)6-8-12/h9,11-12,15,23H,5-8,10H2,1-4H3. The predicted molar refractivity (Wildman–Crippen MR) is 89.9 cm³/mol. The molecule has 0 aliphatic heterocycles. The number of alkyl halides is 2. The van der Waals surface area contributed by atoms with E-state index in [1.165, 1.54) is 17.9 Å². The van der Waals surface area contributed by atoms with Crippen LogP contribution in [-0.2, 0) is 4.74 Å². The second-order valence-electron chi connectivity index (χ2n) is 7.58. The molecule has 1 aromatic rings. The van der Waals surface area contributed by atoms with Crippen LogP contribution in [-0.4, -0.2) is 40.2 Å². The largest absolute Gasteiger partial charge is 0.443 e. The van der Waals surface area contributed by atoms with Crippen LogP contribution in [0, 0.1) is 5.92 Å². The van der Waals surface area contributed by atoms with Crippen LogP contribution in [0.4, 0.5) is 19.3 Å². The second-order valence-corrected chi connectivity index (χ2v) is 7.58. The van der Waals surface area contributed by atoms with Gasteiger partial charge in [0.05, 0.1) is 11.7 Å². The molecule has 0 unspecified atom stereocenters. The topological polar surface area (TPSA) is 67.6 Å². The van der Waals surface area contributed by atoms with Crippen molar-refractivity contribution in [1.82, 2.24) is 9.78 Å². The maximum atomic E-state index is 13.4. The Labute approximate surface area is 146 Å². The Morgan fingerprint density at radius 3 is 2.48 bits per heavy atom. The number of carbonyl (C=O) groups is 1. The van der Waals surface area contributed by atoms with E-state index in [0.717, 1.165) is 30.6 Å². The summed E-state index contributed by atoms with van der Waals surface area (Å²) in [4.78, 5) is 13.3. The molecule has 0 spiro atoms. The summed E-state index contributed by atoms with van der Waals surface area (Å²) in [5.41, 5.74) is -1.07. The lowest BCUT2D eigenvalue weighted by Crippen LogP contribution is -2.34. The van der Waals surface area contributed by atoms with E-state index in [4.69, 9.17) is 4.74 Å². The fourth-order valence-electron chi connectivity index (χ4n) is 3.02. The Morgan fingerprint density at radius 1 is 1.40 bits per heavy atom. The lowest BCUT2D eigenvalue weighted by molar-refractivity contribution is 0.0588. The summed E-state index contributed by atoms with van der Waals surface area (Å²) in [6, 6.07) is 0.00101. The number of amides is 1. The van der Waals surface area contributed by atoms with Crippen molar-refractivity contribution in [3.05, 3.63) is 11.9 Å². The molecule has 1 heterocycles. The number of aromatic nitrogens is 2. The molecule has 1 amide bonds. The molecule has 0 aromatic carbocycles. The highest BCUT2D eigenvalue weighted by atomic mass is 19.3. The smallest absolute Gasteiger partial charge is 0.414 e. The minimum atomic E-state index is -2.78. The third-order valence-corrected chi connectivity index (χ3v) is 4.42. The quantitative estimate of drug-likeness (QED) is 0.885. The van der Waals surface area contributed by atoms with Gasteiger partial charge < -0.3 is 9.84 Å². The van der Waals surface area contributed by atoms with E-state index >= 15 is 0 Å². The number of halogens is 2. The Morgan fingerprint density at radius 2 is 2.00 bits per heavy atom. The molecule has 0 saturated heterocycles. The maximum Gasteiger partial charge on any atom is 0.414 e. The van der Waals surface area contributed by atoms with Crippen molar-refractivity contribution in [3.63, 3.8) is 0 Å². The summed E-state index contributed by atoms with van der Waals surface area (Å²) in [6.45, 7) is 5.31. The first-order valence-electron chi connectivity index (χ1n) is 8.57. The molecular weight excluding hydrogens is 332 g/mol. The van der Waals surface area contributed by atoms with Gasteiger partial charge in [0.25, 0.3) is 6.43 Å². The summed E-state index contributed by atoms with van der Waals surface area (Å²) in [7, 11) is 1.41. The number of anilines is 1. The van der Waals surface area contributed by atoms with Crippen LogP contribution in [0.15, 0.2) is 6.20 Å². The predicted octanol–water partition coefficient (Wildman–Crippen LogP) is 3.92. The van der Waals surface area contributed by atoms with Gasteiger partial charge in [-0.2, -0.15) is 5.10 Å². The highest BCUT2D eigenvalue weighted by Gasteiger charge is 2.30. The summed E-state index contributed by atoms with van der Waals surface area (Å²) >= 11 is 0. The summed E-state index contributed by atoms with van der Waals surface area (Å²) in [5, 5.41) is 13.3. The van der Waals surface area contributed by atoms with Gasteiger partial charge in [0.2, 0.25) is 0 Å². The number of hydrogen-bond acceptors (Lipinski definition) is 4. The molecule has 1 N–H and O–H groups in total. The molecule has 0 radical (unpaired) electrons. The Balaban J connectivity index is 2.20. The van der Waals surface area contributed by atoms with Gasteiger partial charge in [-0.3, -0.25) is 9.58 Å². The van der Waals surface area contributed by atoms with E-state index in [1.807, 2.05) is 0 Å². The van der Waals surface area contributed by atoms with Gasteiger partial charge in [0.15, 0.2) is 5.69 Å². The second kappa shape index (κ2) is 7.68. The van der Waals surface area contributed by atoms with Crippen molar-refractivity contribution in [1.29, 1.82) is 0 Å². The molecule has 1 fully saturated rings. The third-order valence-electron chi connectivity index (χ3n) is 4.42. The van der Waals surface area contributed by atoms with Crippen molar-refractivity contribution < 1.29 is 23.4 Å². The first-order valence-corrected chi connectivity index (χ1v) is 8.57. The minimum Gasteiger partial charge on any atom is -0.443 e. The molecular formula is C17H27F2N3O3. The van der Waals surface area contributed by atoms with E-state index in [9.17, 15) is 18.7 Å². The summed E-state index contributed by atoms with van der Waals surface area (Å²) in [5.74, 6) is 0.269. The number of ether oxygens (including phenoxy) is 1. The zero-order valence-corrected chi connectivity index (χ0v) is 15.2. The van der Waals surface area contributed by atoms with Crippen LogP contribution in [0.25, 0.3) is 0 Å². The van der Waals surface area contributed by atoms with Crippen molar-refractivity contribution >= 4 is 11.8 Å². The number of rotatable bonds is 4. The molecule has 0 atom stereocenters. The lowest BCUT2D eigenvalue weighted by Gasteiger charge is -2.27. The van der Waals surface area contributed by atoms with Crippen LogP contribution < -0.4 is 4.90 Å². The van der Waals surface area contributed by atoms with Gasteiger partial charge in [-0.1, -0.05) is 0 Å². The van der Waals surface area contributed by atoms with Gasteiger partial charge >= 0.3 is 6.09 Å². The average molecular weight is 359 g/mol. The van der Waals surface area contributed by atoms with Crippen LogP contribution in [0.1, 0.15) is 64.6 Å². The van der Waals surface area contributed by atoms with E-state index in [1.54, 1.807) is 20.8 Å². The van der Waals surface area contributed by atoms with E-state index in [2.05, 4.69) is 5.10 Å². The average Bonchev–Trinajstić information content (AvgIpc) is 2.98. The van der Waals surface area contributed by atoms with Crippen LogP contribution in [0.2, 0.25) is 0 Å². The zero-order valence-electron chi connectivity index (χ0n) is 15.2. The Hall–Kier alpha value is -1.70. The van der Waals surface area contributed by atoms with Crippen molar-refractivity contribution in [2.45, 2.75) is 64.5 Å². The number of carbonyl (C=O) groups excluding carboxylic acids is 1. The van der Waals surface area contributed by atoms with Gasteiger partial charge in [-0.15, -0.1) is 0 Å². The summed E-state index contributed by atoms with van der Waals surface area (Å²) in [6.07, 6.45) is 1.23. The van der Waals surface area contributed by atoms with Crippen molar-refractivity contribution in [2.75, 3.05) is 18.6 Å². The number of aliphatic hydroxyl groups excluding tert-OH is 1. The van der Waals surface area contributed by atoms with E-state index in [-0.39, 0.29) is 24.3 Å². The first kappa shape index (κ1) is 19.6. The van der Waals surface area contributed by atoms with Crippen molar-refractivity contribution in [2.24, 2.45) is 5.92 Å². The molecule has 2 rings (SSSR count). The molecule has 6 nitrogen and oxygen atoms in total. The fourth-order valence-corrected chi connectivity index (χ4v) is 3.02. The lowest BCUT2D eigenvalue weighted by atomic mass is 9.87. The molecule has 25 heavy (non-hydrogen) atoms. The fraction of sp³-hybridized carbons (Fsp3) is 0.765. The molecule has 1 aliphatic rings. The molecule has 1 aliphatic carbocycles. The highest BCUT2D eigenvalue weighted by molar-refractivity contribution is 5.87. The molecule has 1 aromatic heterocycles. The van der Waals surface area contributed by atoms with Gasteiger partial charge in [-0.05, 0) is 52.4 Å².